The molecule has 0 radical (unpaired) electrons. The van der Waals surface area contributed by atoms with Crippen LogP contribution >= 0.6 is 0 Å². The van der Waals surface area contributed by atoms with E-state index in [1.807, 2.05) is 0 Å². The third-order valence-corrected chi connectivity index (χ3v) is 2.81. The summed E-state index contributed by atoms with van der Waals surface area (Å²) in [6.45, 7) is 6.55. The first-order valence-electron chi connectivity index (χ1n) is 5.93. The van der Waals surface area contributed by atoms with Crippen LogP contribution in [-0.2, 0) is 0 Å². The Morgan fingerprint density at radius 3 is 2.00 bits per heavy atom. The van der Waals surface area contributed by atoms with E-state index < -0.39 is 0 Å². The van der Waals surface area contributed by atoms with E-state index in [-0.39, 0.29) is 0 Å². The predicted octanol–water partition coefficient (Wildman–Crippen LogP) is 3.59. The SMILES string of the molecule is CCC.CNC(C)C1CCCCC1. The standard InChI is InChI=1S/C9H19N.C3H8/c1-8(10-2)9-6-4-3-5-7-9;1-3-2/h8-10H,3-7H2,1-2H3;3H2,1-2H3. The molecule has 0 amide bonds. The molecule has 0 aliphatic heterocycles. The normalized spacial score (nSPS) is 20.3. The highest BCUT2D eigenvalue weighted by molar-refractivity contribution is 4.74. The zero-order valence-corrected chi connectivity index (χ0v) is 9.90. The maximum absolute atomic E-state index is 3.33. The molecule has 1 atom stereocenters. The van der Waals surface area contributed by atoms with Crippen molar-refractivity contribution in [3.05, 3.63) is 0 Å². The van der Waals surface area contributed by atoms with Gasteiger partial charge >= 0.3 is 0 Å². The molecule has 1 saturated carbocycles. The quantitative estimate of drug-likeness (QED) is 0.693. The summed E-state index contributed by atoms with van der Waals surface area (Å²) >= 11 is 0. The van der Waals surface area contributed by atoms with Crippen molar-refractivity contribution in [2.75, 3.05) is 7.05 Å². The monoisotopic (exact) mass is 185 g/mol. The Bertz CT molecular complexity index is 95.3. The molecule has 0 aromatic carbocycles. The zero-order chi connectivity index (χ0) is 10.1. The van der Waals surface area contributed by atoms with Gasteiger partial charge in [-0.1, -0.05) is 39.5 Å². The smallest absolute Gasteiger partial charge is 0.00639 e. The highest BCUT2D eigenvalue weighted by Crippen LogP contribution is 2.25. The molecule has 1 fully saturated rings. The number of rotatable bonds is 2. The maximum atomic E-state index is 3.33. The van der Waals surface area contributed by atoms with Crippen LogP contribution in [0.3, 0.4) is 0 Å². The second-order valence-electron chi connectivity index (χ2n) is 4.18. The molecule has 0 aromatic rings. The molecular formula is C12H27N. The Morgan fingerprint density at radius 1 is 1.15 bits per heavy atom. The minimum Gasteiger partial charge on any atom is -0.317 e. The van der Waals surface area contributed by atoms with Gasteiger partial charge in [0, 0.05) is 6.04 Å². The van der Waals surface area contributed by atoms with Crippen LogP contribution in [0.2, 0.25) is 0 Å². The predicted molar refractivity (Wildman–Crippen MR) is 61.1 cm³/mol. The van der Waals surface area contributed by atoms with E-state index in [9.17, 15) is 0 Å². The Labute approximate surface area is 84.3 Å². The Hall–Kier alpha value is -0.0400. The lowest BCUT2D eigenvalue weighted by Gasteiger charge is -2.27. The van der Waals surface area contributed by atoms with E-state index in [1.54, 1.807) is 0 Å². The van der Waals surface area contributed by atoms with Gasteiger partial charge in [0.1, 0.15) is 0 Å². The van der Waals surface area contributed by atoms with Crippen LogP contribution in [0.5, 0.6) is 0 Å². The summed E-state index contributed by atoms with van der Waals surface area (Å²) < 4.78 is 0. The number of hydrogen-bond donors (Lipinski definition) is 1. The average molecular weight is 185 g/mol. The second kappa shape index (κ2) is 8.55. The minimum atomic E-state index is 0.736. The van der Waals surface area contributed by atoms with Gasteiger partial charge in [0.15, 0.2) is 0 Å². The van der Waals surface area contributed by atoms with Gasteiger partial charge in [-0.3, -0.25) is 0 Å². The molecule has 0 spiro atoms. The van der Waals surface area contributed by atoms with Crippen molar-refractivity contribution in [2.45, 2.75) is 65.3 Å². The third kappa shape index (κ3) is 6.09. The first-order valence-corrected chi connectivity index (χ1v) is 5.93. The second-order valence-corrected chi connectivity index (χ2v) is 4.18. The molecule has 0 bridgehead atoms. The molecule has 1 heteroatoms. The molecule has 1 N–H and O–H groups in total. The first-order chi connectivity index (χ1) is 6.26. The highest BCUT2D eigenvalue weighted by Gasteiger charge is 2.17. The Morgan fingerprint density at radius 2 is 1.62 bits per heavy atom. The summed E-state index contributed by atoms with van der Waals surface area (Å²) in [6.07, 6.45) is 8.52. The van der Waals surface area contributed by atoms with Crippen molar-refractivity contribution in [3.8, 4) is 0 Å². The third-order valence-electron chi connectivity index (χ3n) is 2.81. The maximum Gasteiger partial charge on any atom is 0.00639 e. The molecule has 0 saturated heterocycles. The van der Waals surface area contributed by atoms with Gasteiger partial charge in [0.25, 0.3) is 0 Å². The molecule has 80 valence electrons. The van der Waals surface area contributed by atoms with Crippen LogP contribution < -0.4 is 5.32 Å². The van der Waals surface area contributed by atoms with Gasteiger partial charge in [-0.05, 0) is 32.7 Å². The fraction of sp³-hybridized carbons (Fsp3) is 1.00. The molecule has 0 heterocycles. The van der Waals surface area contributed by atoms with Crippen molar-refractivity contribution >= 4 is 0 Å². The summed E-state index contributed by atoms with van der Waals surface area (Å²) in [5.74, 6) is 0.957. The van der Waals surface area contributed by atoms with E-state index in [1.165, 1.54) is 38.5 Å². The van der Waals surface area contributed by atoms with Crippen LogP contribution in [0.4, 0.5) is 0 Å². The summed E-state index contributed by atoms with van der Waals surface area (Å²) in [6, 6.07) is 0.736. The molecule has 0 aromatic heterocycles. The summed E-state index contributed by atoms with van der Waals surface area (Å²) in [5, 5.41) is 3.33. The number of hydrogen-bond acceptors (Lipinski definition) is 1. The van der Waals surface area contributed by atoms with Crippen molar-refractivity contribution in [3.63, 3.8) is 0 Å². The summed E-state index contributed by atoms with van der Waals surface area (Å²) in [5.41, 5.74) is 0. The van der Waals surface area contributed by atoms with Gasteiger partial charge in [-0.25, -0.2) is 0 Å². The van der Waals surface area contributed by atoms with Crippen LogP contribution in [0, 0.1) is 5.92 Å². The largest absolute Gasteiger partial charge is 0.317 e. The lowest BCUT2D eigenvalue weighted by Crippen LogP contribution is -2.31. The fourth-order valence-corrected chi connectivity index (χ4v) is 1.87. The van der Waals surface area contributed by atoms with Gasteiger partial charge in [-0.2, -0.15) is 0 Å². The van der Waals surface area contributed by atoms with Crippen LogP contribution in [0.1, 0.15) is 59.3 Å². The van der Waals surface area contributed by atoms with Crippen molar-refractivity contribution in [2.24, 2.45) is 5.92 Å². The lowest BCUT2D eigenvalue weighted by atomic mass is 9.85. The van der Waals surface area contributed by atoms with Crippen LogP contribution in [-0.4, -0.2) is 13.1 Å². The topological polar surface area (TPSA) is 12.0 Å². The fourth-order valence-electron chi connectivity index (χ4n) is 1.87. The lowest BCUT2D eigenvalue weighted by molar-refractivity contribution is 0.291. The Balaban J connectivity index is 0.000000424. The van der Waals surface area contributed by atoms with Gasteiger partial charge in [0.2, 0.25) is 0 Å². The summed E-state index contributed by atoms with van der Waals surface area (Å²) in [7, 11) is 2.07. The molecule has 1 unspecified atom stereocenters. The van der Waals surface area contributed by atoms with Gasteiger partial charge in [-0.15, -0.1) is 0 Å². The molecular weight excluding hydrogens is 158 g/mol. The van der Waals surface area contributed by atoms with E-state index >= 15 is 0 Å². The van der Waals surface area contributed by atoms with E-state index in [0.717, 1.165) is 12.0 Å². The number of nitrogens with one attached hydrogen (secondary N) is 1. The zero-order valence-electron chi connectivity index (χ0n) is 9.90. The van der Waals surface area contributed by atoms with E-state index in [2.05, 4.69) is 33.1 Å². The average Bonchev–Trinajstić information content (AvgIpc) is 2.19. The van der Waals surface area contributed by atoms with Crippen LogP contribution in [0.25, 0.3) is 0 Å². The van der Waals surface area contributed by atoms with E-state index in [4.69, 9.17) is 0 Å². The van der Waals surface area contributed by atoms with Gasteiger partial charge < -0.3 is 5.32 Å². The molecule has 1 nitrogen and oxygen atoms in total. The molecule has 1 rings (SSSR count). The molecule has 1 aliphatic rings. The highest BCUT2D eigenvalue weighted by atomic mass is 14.9. The molecule has 1 aliphatic carbocycles. The van der Waals surface area contributed by atoms with Gasteiger partial charge in [0.05, 0.1) is 0 Å². The Kier molecular flexibility index (Phi) is 8.53. The molecule has 13 heavy (non-hydrogen) atoms. The summed E-state index contributed by atoms with van der Waals surface area (Å²) in [4.78, 5) is 0. The van der Waals surface area contributed by atoms with Crippen LogP contribution in [0.15, 0.2) is 0 Å². The van der Waals surface area contributed by atoms with E-state index in [0.29, 0.717) is 0 Å². The van der Waals surface area contributed by atoms with Crippen molar-refractivity contribution < 1.29 is 0 Å². The minimum absolute atomic E-state index is 0.736. The van der Waals surface area contributed by atoms with Crippen molar-refractivity contribution in [1.29, 1.82) is 0 Å². The first kappa shape index (κ1) is 13.0. The van der Waals surface area contributed by atoms with Crippen molar-refractivity contribution in [1.82, 2.24) is 5.32 Å².